The molecule has 0 aliphatic rings. The summed E-state index contributed by atoms with van der Waals surface area (Å²) in [6.45, 7) is 3.26. The average Bonchev–Trinajstić information content (AvgIpc) is 2.77. The fraction of sp³-hybridized carbons (Fsp3) is 0.308. The normalized spacial score (nSPS) is 10.3. The molecule has 0 aliphatic carbocycles. The van der Waals surface area contributed by atoms with Crippen molar-refractivity contribution in [3.05, 3.63) is 36.2 Å². The highest BCUT2D eigenvalue weighted by molar-refractivity contribution is 5.31. The Morgan fingerprint density at radius 2 is 1.89 bits per heavy atom. The van der Waals surface area contributed by atoms with Crippen LogP contribution < -0.4 is 15.2 Å². The summed E-state index contributed by atoms with van der Waals surface area (Å²) >= 11 is 0. The van der Waals surface area contributed by atoms with E-state index < -0.39 is 0 Å². The highest BCUT2D eigenvalue weighted by Gasteiger charge is 2.06. The van der Waals surface area contributed by atoms with Crippen LogP contribution in [0.25, 0.3) is 0 Å². The molecule has 0 radical (unpaired) electrons. The lowest BCUT2D eigenvalue weighted by molar-refractivity contribution is 0.295. The Kier molecular flexibility index (Phi) is 3.72. The van der Waals surface area contributed by atoms with Crippen LogP contribution in [0.4, 0.5) is 5.95 Å². The maximum Gasteiger partial charge on any atom is 0.200 e. The van der Waals surface area contributed by atoms with Gasteiger partial charge in [-0.3, -0.25) is 0 Å². The monoisotopic (exact) mass is 247 g/mol. The number of methoxy groups -OCH3 is 1. The summed E-state index contributed by atoms with van der Waals surface area (Å²) in [6.07, 6.45) is 1.74. The average molecular weight is 247 g/mol. The molecule has 2 N–H and O–H groups in total. The van der Waals surface area contributed by atoms with Crippen molar-refractivity contribution in [3.63, 3.8) is 0 Å². The topological polar surface area (TPSA) is 62.3 Å². The largest absolute Gasteiger partial charge is 0.497 e. The van der Waals surface area contributed by atoms with Crippen molar-refractivity contribution in [2.24, 2.45) is 0 Å². The van der Waals surface area contributed by atoms with Crippen LogP contribution in [0, 0.1) is 0 Å². The first kappa shape index (κ1) is 12.3. The fourth-order valence-corrected chi connectivity index (χ4v) is 1.74. The van der Waals surface area contributed by atoms with E-state index in [-0.39, 0.29) is 0 Å². The van der Waals surface area contributed by atoms with Gasteiger partial charge in [0.05, 0.1) is 19.0 Å². The maximum absolute atomic E-state index is 5.74. The molecule has 1 aromatic heterocycles. The van der Waals surface area contributed by atoms with E-state index in [1.54, 1.807) is 13.3 Å². The number of nitrogen functional groups attached to an aromatic ring is 1. The van der Waals surface area contributed by atoms with Crippen molar-refractivity contribution in [3.8, 4) is 11.5 Å². The first-order chi connectivity index (χ1) is 8.74. The van der Waals surface area contributed by atoms with Crippen LogP contribution in [0.1, 0.15) is 12.6 Å². The molecule has 2 aromatic rings. The van der Waals surface area contributed by atoms with Gasteiger partial charge in [0.15, 0.2) is 5.95 Å². The van der Waals surface area contributed by atoms with E-state index in [4.69, 9.17) is 15.2 Å². The second-order valence-electron chi connectivity index (χ2n) is 3.82. The quantitative estimate of drug-likeness (QED) is 0.878. The summed E-state index contributed by atoms with van der Waals surface area (Å²) < 4.78 is 12.7. The Morgan fingerprint density at radius 3 is 2.50 bits per heavy atom. The summed E-state index contributed by atoms with van der Waals surface area (Å²) in [7, 11) is 1.64. The molecule has 0 fully saturated rings. The van der Waals surface area contributed by atoms with E-state index in [9.17, 15) is 0 Å². The molecule has 0 saturated carbocycles. The molecule has 1 heterocycles. The van der Waals surface area contributed by atoms with Gasteiger partial charge < -0.3 is 19.8 Å². The highest BCUT2D eigenvalue weighted by atomic mass is 16.5. The summed E-state index contributed by atoms with van der Waals surface area (Å²) in [5.41, 5.74) is 6.70. The Labute approximate surface area is 106 Å². The number of ether oxygens (including phenoxy) is 2. The molecule has 0 aliphatic heterocycles. The molecule has 18 heavy (non-hydrogen) atoms. The Hall–Kier alpha value is -2.17. The van der Waals surface area contributed by atoms with Gasteiger partial charge in [-0.05, 0) is 31.2 Å². The molecular weight excluding hydrogens is 230 g/mol. The van der Waals surface area contributed by atoms with Crippen molar-refractivity contribution >= 4 is 5.95 Å². The van der Waals surface area contributed by atoms with Crippen molar-refractivity contribution in [2.45, 2.75) is 20.1 Å². The minimum absolute atomic E-state index is 0.449. The molecule has 96 valence electrons. The number of anilines is 1. The number of nitrogens with zero attached hydrogens (tertiary/aromatic N) is 2. The Morgan fingerprint density at radius 1 is 1.22 bits per heavy atom. The van der Waals surface area contributed by atoms with E-state index in [0.717, 1.165) is 23.7 Å². The molecule has 1 aromatic carbocycles. The van der Waals surface area contributed by atoms with Crippen molar-refractivity contribution in [2.75, 3.05) is 12.8 Å². The predicted molar refractivity (Wildman–Crippen MR) is 69.6 cm³/mol. The number of imidazole rings is 1. The molecule has 5 heteroatoms. The summed E-state index contributed by atoms with van der Waals surface area (Å²) in [5.74, 6) is 2.12. The molecule has 0 saturated heterocycles. The zero-order valence-corrected chi connectivity index (χ0v) is 10.6. The standard InChI is InChI=1S/C13H17N3O2/c1-3-16-10(8-15-13(16)14)9-18-12-6-4-11(17-2)5-7-12/h4-8H,3,9H2,1-2H3,(H2,14,15). The van der Waals surface area contributed by atoms with Crippen LogP contribution in [-0.4, -0.2) is 16.7 Å². The third kappa shape index (κ3) is 2.56. The third-order valence-electron chi connectivity index (χ3n) is 2.73. The predicted octanol–water partition coefficient (Wildman–Crippen LogP) is 2.07. The lowest BCUT2D eigenvalue weighted by atomic mass is 10.3. The van der Waals surface area contributed by atoms with E-state index in [1.165, 1.54) is 0 Å². The van der Waals surface area contributed by atoms with Gasteiger partial charge in [-0.1, -0.05) is 0 Å². The fourth-order valence-electron chi connectivity index (χ4n) is 1.74. The van der Waals surface area contributed by atoms with Crippen LogP contribution in [0.3, 0.4) is 0 Å². The Balaban J connectivity index is 2.02. The molecule has 0 atom stereocenters. The number of rotatable bonds is 5. The van der Waals surface area contributed by atoms with Crippen molar-refractivity contribution < 1.29 is 9.47 Å². The smallest absolute Gasteiger partial charge is 0.200 e. The van der Waals surface area contributed by atoms with Gasteiger partial charge in [0.1, 0.15) is 18.1 Å². The summed E-state index contributed by atoms with van der Waals surface area (Å²) in [6, 6.07) is 7.46. The van der Waals surface area contributed by atoms with E-state index >= 15 is 0 Å². The van der Waals surface area contributed by atoms with Gasteiger partial charge >= 0.3 is 0 Å². The van der Waals surface area contributed by atoms with Gasteiger partial charge in [0.25, 0.3) is 0 Å². The van der Waals surface area contributed by atoms with E-state index in [2.05, 4.69) is 4.98 Å². The molecule has 0 bridgehead atoms. The van der Waals surface area contributed by atoms with Gasteiger partial charge in [0.2, 0.25) is 0 Å². The molecule has 0 amide bonds. The number of hydrogen-bond acceptors (Lipinski definition) is 4. The van der Waals surface area contributed by atoms with Crippen LogP contribution >= 0.6 is 0 Å². The molecule has 2 rings (SSSR count). The second kappa shape index (κ2) is 5.44. The lowest BCUT2D eigenvalue weighted by Gasteiger charge is -2.09. The molecule has 0 spiro atoms. The molecule has 5 nitrogen and oxygen atoms in total. The second-order valence-corrected chi connectivity index (χ2v) is 3.82. The SMILES string of the molecule is CCn1c(COc2ccc(OC)cc2)cnc1N. The minimum atomic E-state index is 0.449. The maximum atomic E-state index is 5.74. The molecule has 0 unspecified atom stereocenters. The summed E-state index contributed by atoms with van der Waals surface area (Å²) in [5, 5.41) is 0. The van der Waals surface area contributed by atoms with Crippen molar-refractivity contribution in [1.29, 1.82) is 0 Å². The van der Waals surface area contributed by atoms with Gasteiger partial charge in [-0.25, -0.2) is 4.98 Å². The van der Waals surface area contributed by atoms with Crippen LogP contribution in [0.2, 0.25) is 0 Å². The first-order valence-electron chi connectivity index (χ1n) is 5.81. The third-order valence-corrected chi connectivity index (χ3v) is 2.73. The van der Waals surface area contributed by atoms with Gasteiger partial charge in [0, 0.05) is 6.54 Å². The summed E-state index contributed by atoms with van der Waals surface area (Å²) in [4.78, 5) is 4.07. The molecular formula is C13H17N3O2. The number of benzene rings is 1. The number of aromatic nitrogens is 2. The Bertz CT molecular complexity index is 505. The zero-order chi connectivity index (χ0) is 13.0. The lowest BCUT2D eigenvalue weighted by Crippen LogP contribution is -2.07. The van der Waals surface area contributed by atoms with Gasteiger partial charge in [-0.2, -0.15) is 0 Å². The van der Waals surface area contributed by atoms with Crippen LogP contribution in [0.5, 0.6) is 11.5 Å². The van der Waals surface area contributed by atoms with E-state index in [0.29, 0.717) is 12.6 Å². The van der Waals surface area contributed by atoms with Crippen LogP contribution in [0.15, 0.2) is 30.5 Å². The van der Waals surface area contributed by atoms with Gasteiger partial charge in [-0.15, -0.1) is 0 Å². The highest BCUT2D eigenvalue weighted by Crippen LogP contribution is 2.18. The van der Waals surface area contributed by atoms with E-state index in [1.807, 2.05) is 35.8 Å². The minimum Gasteiger partial charge on any atom is -0.497 e. The number of nitrogens with two attached hydrogens (primary N) is 1. The van der Waals surface area contributed by atoms with Crippen molar-refractivity contribution in [1.82, 2.24) is 9.55 Å². The number of hydrogen-bond donors (Lipinski definition) is 1. The first-order valence-corrected chi connectivity index (χ1v) is 5.81. The zero-order valence-electron chi connectivity index (χ0n) is 10.6. The van der Waals surface area contributed by atoms with Crippen LogP contribution in [-0.2, 0) is 13.2 Å².